The lowest BCUT2D eigenvalue weighted by Crippen LogP contribution is -2.56. The number of nitrogens with zero attached hydrogens (tertiary/aromatic N) is 1. The molecule has 2 atom stereocenters. The van der Waals surface area contributed by atoms with Crippen LogP contribution in [-0.4, -0.2) is 42.1 Å². The zero-order valence-electron chi connectivity index (χ0n) is 16.5. The van der Waals surface area contributed by atoms with Crippen molar-refractivity contribution in [3.8, 4) is 0 Å². The van der Waals surface area contributed by atoms with E-state index in [0.717, 1.165) is 16.1 Å². The quantitative estimate of drug-likeness (QED) is 0.481. The minimum absolute atomic E-state index is 0.102. The van der Waals surface area contributed by atoms with Gasteiger partial charge in [0.05, 0.1) is 19.7 Å². The van der Waals surface area contributed by atoms with Gasteiger partial charge in [-0.05, 0) is 24.5 Å². The van der Waals surface area contributed by atoms with Crippen LogP contribution in [-0.2, 0) is 27.3 Å². The van der Waals surface area contributed by atoms with Crippen LogP contribution in [0.2, 0.25) is 0 Å². The van der Waals surface area contributed by atoms with E-state index in [1.165, 1.54) is 14.0 Å². The van der Waals surface area contributed by atoms with Crippen LogP contribution in [0, 0.1) is 0 Å². The highest BCUT2D eigenvalue weighted by atomic mass is 16.5. The second-order valence-electron chi connectivity index (χ2n) is 6.54. The number of hydrogen-bond donors (Lipinski definition) is 3. The minimum Gasteiger partial charge on any atom is -0.467 e. The van der Waals surface area contributed by atoms with Crippen molar-refractivity contribution < 1.29 is 19.1 Å². The van der Waals surface area contributed by atoms with Gasteiger partial charge >= 0.3 is 12.0 Å². The molecule has 0 saturated carbocycles. The average Bonchev–Trinajstić information content (AvgIpc) is 2.73. The second-order valence-corrected chi connectivity index (χ2v) is 6.54. The highest BCUT2D eigenvalue weighted by Gasteiger charge is 2.24. The van der Waals surface area contributed by atoms with Crippen molar-refractivity contribution in [3.05, 3.63) is 71.8 Å². The van der Waals surface area contributed by atoms with Crippen LogP contribution >= 0.6 is 0 Å². The standard InChI is InChI=1S/C21H26N4O4/c1-15(20(27)29-2)23-21(28)25(14-17-11-7-4-8-12-17)24-19(26)18(22)13-16-9-5-3-6-10-16/h3-12,15,18H,13-14,22H2,1-2H3,(H,23,28)(H,24,26)/t15-,18-/m0/s1. The van der Waals surface area contributed by atoms with Gasteiger partial charge in [0, 0.05) is 0 Å². The predicted octanol–water partition coefficient (Wildman–Crippen LogP) is 1.36. The van der Waals surface area contributed by atoms with E-state index in [4.69, 9.17) is 5.73 Å². The van der Waals surface area contributed by atoms with Crippen molar-refractivity contribution >= 4 is 17.9 Å². The summed E-state index contributed by atoms with van der Waals surface area (Å²) in [5.74, 6) is -1.10. The third kappa shape index (κ3) is 6.93. The first-order valence-corrected chi connectivity index (χ1v) is 9.20. The third-order valence-corrected chi connectivity index (χ3v) is 4.20. The molecule has 3 amide bonds. The molecule has 2 aromatic rings. The Balaban J connectivity index is 2.08. The van der Waals surface area contributed by atoms with E-state index in [1.54, 1.807) is 0 Å². The molecule has 2 rings (SSSR count). The molecule has 0 unspecified atom stereocenters. The lowest BCUT2D eigenvalue weighted by atomic mass is 10.1. The van der Waals surface area contributed by atoms with Gasteiger partial charge in [0.15, 0.2) is 0 Å². The Morgan fingerprint density at radius 1 is 1.00 bits per heavy atom. The number of carbonyl (C=O) groups excluding carboxylic acids is 3. The predicted molar refractivity (Wildman–Crippen MR) is 108 cm³/mol. The number of rotatable bonds is 7. The molecular weight excluding hydrogens is 372 g/mol. The fourth-order valence-electron chi connectivity index (χ4n) is 2.60. The van der Waals surface area contributed by atoms with E-state index in [-0.39, 0.29) is 6.54 Å². The summed E-state index contributed by atoms with van der Waals surface area (Å²) in [5.41, 5.74) is 10.3. The number of amides is 3. The summed E-state index contributed by atoms with van der Waals surface area (Å²) in [6, 6.07) is 16.1. The van der Waals surface area contributed by atoms with E-state index in [2.05, 4.69) is 15.5 Å². The summed E-state index contributed by atoms with van der Waals surface area (Å²) in [7, 11) is 1.23. The highest BCUT2D eigenvalue weighted by Crippen LogP contribution is 2.05. The molecule has 2 aromatic carbocycles. The number of hydrazine groups is 1. The van der Waals surface area contributed by atoms with Crippen molar-refractivity contribution in [2.75, 3.05) is 7.11 Å². The first kappa shape index (κ1) is 21.9. The number of benzene rings is 2. The van der Waals surface area contributed by atoms with Gasteiger partial charge in [0.2, 0.25) is 0 Å². The number of hydrogen-bond acceptors (Lipinski definition) is 5. The monoisotopic (exact) mass is 398 g/mol. The summed E-state index contributed by atoms with van der Waals surface area (Å²) >= 11 is 0. The van der Waals surface area contributed by atoms with Crippen LogP contribution in [0.3, 0.4) is 0 Å². The van der Waals surface area contributed by atoms with Crippen molar-refractivity contribution in [2.45, 2.75) is 32.0 Å². The SMILES string of the molecule is COC(=O)[C@H](C)NC(=O)N(Cc1ccccc1)NC(=O)[C@@H](N)Cc1ccccc1. The Morgan fingerprint density at radius 3 is 2.10 bits per heavy atom. The third-order valence-electron chi connectivity index (χ3n) is 4.20. The maximum Gasteiger partial charge on any atom is 0.337 e. The molecule has 0 aliphatic rings. The zero-order valence-corrected chi connectivity index (χ0v) is 16.5. The van der Waals surface area contributed by atoms with Gasteiger partial charge in [-0.2, -0.15) is 0 Å². The van der Waals surface area contributed by atoms with Crippen LogP contribution in [0.5, 0.6) is 0 Å². The molecule has 0 bridgehead atoms. The maximum absolute atomic E-state index is 12.6. The number of urea groups is 1. The molecular formula is C21H26N4O4. The molecule has 0 aliphatic carbocycles. The Kier molecular flexibility index (Phi) is 8.17. The van der Waals surface area contributed by atoms with Crippen molar-refractivity contribution in [1.29, 1.82) is 0 Å². The average molecular weight is 398 g/mol. The van der Waals surface area contributed by atoms with E-state index in [0.29, 0.717) is 6.42 Å². The van der Waals surface area contributed by atoms with E-state index in [1.807, 2.05) is 60.7 Å². The first-order valence-electron chi connectivity index (χ1n) is 9.20. The summed E-state index contributed by atoms with van der Waals surface area (Å²) < 4.78 is 4.62. The number of nitrogens with one attached hydrogen (secondary N) is 2. The normalized spacial score (nSPS) is 12.4. The van der Waals surface area contributed by atoms with Crippen LogP contribution in [0.4, 0.5) is 4.79 Å². The largest absolute Gasteiger partial charge is 0.467 e. The van der Waals surface area contributed by atoms with E-state index >= 15 is 0 Å². The lowest BCUT2D eigenvalue weighted by molar-refractivity contribution is -0.142. The van der Waals surface area contributed by atoms with Crippen LogP contribution in [0.25, 0.3) is 0 Å². The molecule has 0 aromatic heterocycles. The van der Waals surface area contributed by atoms with Gasteiger partial charge in [-0.15, -0.1) is 0 Å². The topological polar surface area (TPSA) is 114 Å². The summed E-state index contributed by atoms with van der Waals surface area (Å²) in [6.45, 7) is 1.59. The number of carbonyl (C=O) groups is 3. The molecule has 154 valence electrons. The molecule has 8 nitrogen and oxygen atoms in total. The molecule has 0 saturated heterocycles. The molecule has 0 spiro atoms. The number of nitrogens with two attached hydrogens (primary N) is 1. The van der Waals surface area contributed by atoms with Crippen molar-refractivity contribution in [3.63, 3.8) is 0 Å². The van der Waals surface area contributed by atoms with E-state index in [9.17, 15) is 14.4 Å². The number of ether oxygens (including phenoxy) is 1. The van der Waals surface area contributed by atoms with Gasteiger partial charge in [-0.1, -0.05) is 60.7 Å². The van der Waals surface area contributed by atoms with E-state index < -0.39 is 30.0 Å². The Labute approximate surface area is 170 Å². The molecule has 29 heavy (non-hydrogen) atoms. The fourth-order valence-corrected chi connectivity index (χ4v) is 2.60. The summed E-state index contributed by atoms with van der Waals surface area (Å²) in [5, 5.41) is 3.60. The Hall–Kier alpha value is -3.39. The Bertz CT molecular complexity index is 814. The van der Waals surface area contributed by atoms with Crippen molar-refractivity contribution in [1.82, 2.24) is 15.8 Å². The number of esters is 1. The summed E-state index contributed by atoms with van der Waals surface area (Å²) in [6.07, 6.45) is 0.325. The van der Waals surface area contributed by atoms with Gasteiger partial charge in [0.1, 0.15) is 6.04 Å². The fraction of sp³-hybridized carbons (Fsp3) is 0.286. The minimum atomic E-state index is -0.874. The van der Waals surface area contributed by atoms with Gasteiger partial charge < -0.3 is 15.8 Å². The van der Waals surface area contributed by atoms with Gasteiger partial charge in [-0.25, -0.2) is 14.6 Å². The lowest BCUT2D eigenvalue weighted by Gasteiger charge is -2.26. The molecule has 0 heterocycles. The van der Waals surface area contributed by atoms with Crippen LogP contribution in [0.15, 0.2) is 60.7 Å². The first-order chi connectivity index (χ1) is 13.9. The molecule has 8 heteroatoms. The molecule has 0 fully saturated rings. The van der Waals surface area contributed by atoms with Crippen LogP contribution in [0.1, 0.15) is 18.1 Å². The zero-order chi connectivity index (χ0) is 21.2. The highest BCUT2D eigenvalue weighted by molar-refractivity contribution is 5.87. The second kappa shape index (κ2) is 10.8. The van der Waals surface area contributed by atoms with Gasteiger partial charge in [0.25, 0.3) is 5.91 Å². The Morgan fingerprint density at radius 2 is 1.55 bits per heavy atom. The summed E-state index contributed by atoms with van der Waals surface area (Å²) in [4.78, 5) is 36.8. The number of methoxy groups -OCH3 is 1. The molecule has 0 aliphatic heterocycles. The molecule has 0 radical (unpaired) electrons. The van der Waals surface area contributed by atoms with Crippen molar-refractivity contribution in [2.24, 2.45) is 5.73 Å². The van der Waals surface area contributed by atoms with Crippen LogP contribution < -0.4 is 16.5 Å². The van der Waals surface area contributed by atoms with Gasteiger partial charge in [-0.3, -0.25) is 10.2 Å². The smallest absolute Gasteiger partial charge is 0.337 e. The molecule has 4 N–H and O–H groups in total. The maximum atomic E-state index is 12.6.